The quantitative estimate of drug-likeness (QED) is 0.707. The molecule has 2 aromatic carbocycles. The fourth-order valence-corrected chi connectivity index (χ4v) is 3.05. The van der Waals surface area contributed by atoms with Crippen LogP contribution in [0.3, 0.4) is 0 Å². The Kier molecular flexibility index (Phi) is 3.55. The lowest BCUT2D eigenvalue weighted by molar-refractivity contribution is -0.137. The molecule has 3 rings (SSSR count). The van der Waals surface area contributed by atoms with Gasteiger partial charge in [0.25, 0.3) is 0 Å². The number of rotatable bonds is 5. The summed E-state index contributed by atoms with van der Waals surface area (Å²) in [4.78, 5) is 10.5. The second-order valence-electron chi connectivity index (χ2n) is 5.38. The zero-order chi connectivity index (χ0) is 13.9. The van der Waals surface area contributed by atoms with Crippen LogP contribution in [0.4, 0.5) is 0 Å². The van der Waals surface area contributed by atoms with Crippen molar-refractivity contribution in [3.63, 3.8) is 0 Å². The maximum Gasteiger partial charge on any atom is 0.303 e. The molecule has 0 aliphatic heterocycles. The Bertz CT molecular complexity index is 644. The van der Waals surface area contributed by atoms with Crippen LogP contribution in [0.1, 0.15) is 36.0 Å². The molecule has 2 aromatic rings. The van der Waals surface area contributed by atoms with Crippen LogP contribution in [0, 0.1) is 0 Å². The number of fused-ring (bicyclic) bond motifs is 3. The third-order valence-corrected chi connectivity index (χ3v) is 4.03. The van der Waals surface area contributed by atoms with Crippen LogP contribution in [-0.2, 0) is 17.6 Å². The monoisotopic (exact) mass is 266 g/mol. The van der Waals surface area contributed by atoms with Crippen molar-refractivity contribution < 1.29 is 9.90 Å². The molecule has 0 amide bonds. The first kappa shape index (κ1) is 12.9. The maximum atomic E-state index is 10.5. The van der Waals surface area contributed by atoms with Crippen molar-refractivity contribution in [1.82, 2.24) is 0 Å². The minimum atomic E-state index is -0.698. The first-order chi connectivity index (χ1) is 9.75. The van der Waals surface area contributed by atoms with E-state index in [1.165, 1.54) is 27.8 Å². The molecule has 0 saturated heterocycles. The molecule has 0 saturated carbocycles. The normalized spacial score (nSPS) is 12.0. The molecule has 0 atom stereocenters. The summed E-state index contributed by atoms with van der Waals surface area (Å²) in [5.41, 5.74) is 6.93. The van der Waals surface area contributed by atoms with E-state index in [0.29, 0.717) is 0 Å². The van der Waals surface area contributed by atoms with Gasteiger partial charge in [-0.05, 0) is 53.5 Å². The van der Waals surface area contributed by atoms with Gasteiger partial charge in [-0.1, -0.05) is 42.5 Å². The van der Waals surface area contributed by atoms with Crippen molar-refractivity contribution >= 4 is 5.97 Å². The molecule has 20 heavy (non-hydrogen) atoms. The molecule has 2 nitrogen and oxygen atoms in total. The van der Waals surface area contributed by atoms with E-state index in [4.69, 9.17) is 5.11 Å². The summed E-state index contributed by atoms with van der Waals surface area (Å²) in [7, 11) is 0. The molecule has 0 spiro atoms. The van der Waals surface area contributed by atoms with Gasteiger partial charge in [-0.25, -0.2) is 0 Å². The van der Waals surface area contributed by atoms with Crippen LogP contribution >= 0.6 is 0 Å². The zero-order valence-electron chi connectivity index (χ0n) is 11.4. The largest absolute Gasteiger partial charge is 0.481 e. The highest BCUT2D eigenvalue weighted by molar-refractivity contribution is 5.77. The van der Waals surface area contributed by atoms with Crippen LogP contribution in [0.2, 0.25) is 0 Å². The summed E-state index contributed by atoms with van der Waals surface area (Å²) in [6, 6.07) is 15.1. The number of aryl methyl sites for hydroxylation is 1. The molecule has 0 radical (unpaired) electrons. The standard InChI is InChI=1S/C18H18O2/c19-18(20)11-4-2-6-13-8-5-10-16-15-9-3-1-7-14(15)12-17(13)16/h1,3,5,7-10H,2,4,6,11-12H2,(H,19,20). The van der Waals surface area contributed by atoms with Gasteiger partial charge in [-0.2, -0.15) is 0 Å². The number of carboxylic acids is 1. The second-order valence-corrected chi connectivity index (χ2v) is 5.38. The Hall–Kier alpha value is -2.09. The average molecular weight is 266 g/mol. The smallest absolute Gasteiger partial charge is 0.303 e. The molecule has 0 heterocycles. The van der Waals surface area contributed by atoms with E-state index in [1.807, 2.05) is 0 Å². The second kappa shape index (κ2) is 5.49. The van der Waals surface area contributed by atoms with Gasteiger partial charge in [-0.3, -0.25) is 4.79 Å². The van der Waals surface area contributed by atoms with E-state index < -0.39 is 5.97 Å². The summed E-state index contributed by atoms with van der Waals surface area (Å²) >= 11 is 0. The lowest BCUT2D eigenvalue weighted by Gasteiger charge is -2.08. The number of carbonyl (C=O) groups is 1. The van der Waals surface area contributed by atoms with Crippen LogP contribution in [0.25, 0.3) is 11.1 Å². The molecular weight excluding hydrogens is 248 g/mol. The van der Waals surface area contributed by atoms with Gasteiger partial charge in [0.15, 0.2) is 0 Å². The van der Waals surface area contributed by atoms with Crippen LogP contribution < -0.4 is 0 Å². The molecule has 1 aliphatic carbocycles. The zero-order valence-corrected chi connectivity index (χ0v) is 11.4. The lowest BCUT2D eigenvalue weighted by atomic mass is 9.97. The van der Waals surface area contributed by atoms with E-state index in [1.54, 1.807) is 0 Å². The summed E-state index contributed by atoms with van der Waals surface area (Å²) in [5.74, 6) is -0.698. The number of carboxylic acid groups (broad SMARTS) is 1. The predicted octanol–water partition coefficient (Wildman–Crippen LogP) is 4.06. The van der Waals surface area contributed by atoms with E-state index >= 15 is 0 Å². The minimum Gasteiger partial charge on any atom is -0.481 e. The van der Waals surface area contributed by atoms with Gasteiger partial charge in [0.05, 0.1) is 0 Å². The van der Waals surface area contributed by atoms with E-state index in [2.05, 4.69) is 42.5 Å². The Balaban J connectivity index is 1.77. The Morgan fingerprint density at radius 2 is 1.80 bits per heavy atom. The molecule has 2 heteroatoms. The molecule has 0 bridgehead atoms. The highest BCUT2D eigenvalue weighted by Crippen LogP contribution is 2.38. The van der Waals surface area contributed by atoms with E-state index in [9.17, 15) is 4.79 Å². The van der Waals surface area contributed by atoms with Crippen molar-refractivity contribution in [1.29, 1.82) is 0 Å². The molecule has 0 unspecified atom stereocenters. The molecular formula is C18H18O2. The molecule has 0 aromatic heterocycles. The van der Waals surface area contributed by atoms with Crippen molar-refractivity contribution in [3.8, 4) is 11.1 Å². The molecule has 1 N–H and O–H groups in total. The van der Waals surface area contributed by atoms with Gasteiger partial charge in [0, 0.05) is 6.42 Å². The van der Waals surface area contributed by atoms with Crippen molar-refractivity contribution in [3.05, 3.63) is 59.2 Å². The summed E-state index contributed by atoms with van der Waals surface area (Å²) in [6.45, 7) is 0. The highest BCUT2D eigenvalue weighted by atomic mass is 16.4. The molecule has 0 fully saturated rings. The Morgan fingerprint density at radius 3 is 2.65 bits per heavy atom. The van der Waals surface area contributed by atoms with Crippen LogP contribution in [0.5, 0.6) is 0 Å². The van der Waals surface area contributed by atoms with Gasteiger partial charge >= 0.3 is 5.97 Å². The third-order valence-electron chi connectivity index (χ3n) is 4.03. The SMILES string of the molecule is O=C(O)CCCCc1cccc2c1Cc1ccccc1-2. The summed E-state index contributed by atoms with van der Waals surface area (Å²) in [6.07, 6.45) is 3.96. The number of unbranched alkanes of at least 4 members (excludes halogenated alkanes) is 1. The number of hydrogen-bond donors (Lipinski definition) is 1. The van der Waals surface area contributed by atoms with E-state index in [-0.39, 0.29) is 6.42 Å². The number of benzene rings is 2. The number of hydrogen-bond acceptors (Lipinski definition) is 1. The minimum absolute atomic E-state index is 0.273. The van der Waals surface area contributed by atoms with Crippen molar-refractivity contribution in [2.45, 2.75) is 32.1 Å². The lowest BCUT2D eigenvalue weighted by Crippen LogP contribution is -1.97. The first-order valence-corrected chi connectivity index (χ1v) is 7.16. The van der Waals surface area contributed by atoms with Gasteiger partial charge < -0.3 is 5.11 Å². The fraction of sp³-hybridized carbons (Fsp3) is 0.278. The predicted molar refractivity (Wildman–Crippen MR) is 79.9 cm³/mol. The Morgan fingerprint density at radius 1 is 1.00 bits per heavy atom. The third kappa shape index (κ3) is 2.46. The molecule has 102 valence electrons. The highest BCUT2D eigenvalue weighted by Gasteiger charge is 2.19. The van der Waals surface area contributed by atoms with Gasteiger partial charge in [0.1, 0.15) is 0 Å². The van der Waals surface area contributed by atoms with Gasteiger partial charge in [-0.15, -0.1) is 0 Å². The summed E-state index contributed by atoms with van der Waals surface area (Å²) < 4.78 is 0. The van der Waals surface area contributed by atoms with Gasteiger partial charge in [0.2, 0.25) is 0 Å². The Labute approximate surface area is 119 Å². The van der Waals surface area contributed by atoms with Crippen LogP contribution in [0.15, 0.2) is 42.5 Å². The maximum absolute atomic E-state index is 10.5. The first-order valence-electron chi connectivity index (χ1n) is 7.16. The van der Waals surface area contributed by atoms with Crippen LogP contribution in [-0.4, -0.2) is 11.1 Å². The van der Waals surface area contributed by atoms with E-state index in [0.717, 1.165) is 25.7 Å². The topological polar surface area (TPSA) is 37.3 Å². The molecule has 1 aliphatic rings. The van der Waals surface area contributed by atoms with Crippen molar-refractivity contribution in [2.75, 3.05) is 0 Å². The number of aliphatic carboxylic acids is 1. The average Bonchev–Trinajstić information content (AvgIpc) is 2.83. The summed E-state index contributed by atoms with van der Waals surface area (Å²) in [5, 5.41) is 8.68. The van der Waals surface area contributed by atoms with Crippen molar-refractivity contribution in [2.24, 2.45) is 0 Å². The fourth-order valence-electron chi connectivity index (χ4n) is 3.05.